The first-order chi connectivity index (χ1) is 17.7. The Hall–Kier alpha value is -4.34. The van der Waals surface area contributed by atoms with Gasteiger partial charge in [-0.25, -0.2) is 13.8 Å². The van der Waals surface area contributed by atoms with Gasteiger partial charge in [-0.05, 0) is 24.3 Å². The quantitative estimate of drug-likeness (QED) is 0.410. The van der Waals surface area contributed by atoms with Gasteiger partial charge < -0.3 is 21.1 Å². The summed E-state index contributed by atoms with van der Waals surface area (Å²) in [5.41, 5.74) is 11.3. The van der Waals surface area contributed by atoms with Crippen LogP contribution in [0.3, 0.4) is 0 Å². The number of rotatable bonds is 4. The Labute approximate surface area is 213 Å². The average molecular weight is 525 g/mol. The smallest absolute Gasteiger partial charge is 0.267 e. The van der Waals surface area contributed by atoms with E-state index in [0.717, 1.165) is 16.7 Å². The number of anilines is 3. The lowest BCUT2D eigenvalue weighted by molar-refractivity contribution is 0.118. The maximum atomic E-state index is 14.3. The molecule has 2 aromatic heterocycles. The monoisotopic (exact) mass is 524 g/mol. The maximum absolute atomic E-state index is 14.3. The van der Waals surface area contributed by atoms with E-state index in [0.29, 0.717) is 12.5 Å². The Balaban J connectivity index is 1.83. The van der Waals surface area contributed by atoms with Gasteiger partial charge in [0.2, 0.25) is 5.95 Å². The molecule has 10 nitrogen and oxygen atoms in total. The lowest BCUT2D eigenvalue weighted by atomic mass is 10.1. The van der Waals surface area contributed by atoms with Crippen molar-refractivity contribution in [3.63, 3.8) is 0 Å². The van der Waals surface area contributed by atoms with Crippen LogP contribution in [0.2, 0.25) is 5.02 Å². The van der Waals surface area contributed by atoms with Crippen LogP contribution >= 0.6 is 11.6 Å². The molecule has 13 heteroatoms. The summed E-state index contributed by atoms with van der Waals surface area (Å²) in [5, 5.41) is 9.98. The lowest BCUT2D eigenvalue weighted by Crippen LogP contribution is -2.33. The van der Waals surface area contributed by atoms with E-state index in [4.69, 9.17) is 32.8 Å². The number of halogens is 3. The van der Waals surface area contributed by atoms with Crippen molar-refractivity contribution in [1.29, 1.82) is 5.26 Å². The summed E-state index contributed by atoms with van der Waals surface area (Å²) in [6.07, 6.45) is -0.0831. The molecule has 0 bridgehead atoms. The predicted molar refractivity (Wildman–Crippen MR) is 133 cm³/mol. The van der Waals surface area contributed by atoms with E-state index < -0.39 is 23.2 Å². The van der Waals surface area contributed by atoms with E-state index in [2.05, 4.69) is 9.97 Å². The Morgan fingerprint density at radius 3 is 2.57 bits per heavy atom. The standard InChI is InChI=1S/C24H19ClF2N8O2/c1-37-14-8-18(34(10-14)21-15(9-28)20(29)32-24(30)33-21)22-31-17-4-2-3-16(25)19(17)23(36)35(22)13-6-11(26)5-12(27)7-13/h2-7,14,18H,8,10H2,1H3,(H4,29,30,32,33)/t14?,18-/m0/s1. The van der Waals surface area contributed by atoms with Gasteiger partial charge in [0.25, 0.3) is 5.56 Å². The highest BCUT2D eigenvalue weighted by Gasteiger charge is 2.39. The molecule has 2 aromatic carbocycles. The molecule has 1 fully saturated rings. The Bertz CT molecular complexity index is 1630. The number of aromatic nitrogens is 4. The van der Waals surface area contributed by atoms with Crippen LogP contribution in [0, 0.1) is 23.0 Å². The SMILES string of the molecule is COC1C[C@@H](c2nc3cccc(Cl)c3c(=O)n2-c2cc(F)cc(F)c2)N(c2nc(N)nc(N)c2C#N)C1. The van der Waals surface area contributed by atoms with Gasteiger partial charge in [0.05, 0.1) is 33.8 Å². The fraction of sp³-hybridized carbons (Fsp3) is 0.208. The first kappa shape index (κ1) is 24.4. The number of hydrogen-bond acceptors (Lipinski definition) is 9. The molecule has 37 heavy (non-hydrogen) atoms. The largest absolute Gasteiger partial charge is 0.382 e. The fourth-order valence-electron chi connectivity index (χ4n) is 4.59. The zero-order chi connectivity index (χ0) is 26.4. The number of ether oxygens (including phenoxy) is 1. The number of nitriles is 1. The van der Waals surface area contributed by atoms with Crippen molar-refractivity contribution in [3.8, 4) is 11.8 Å². The summed E-state index contributed by atoms with van der Waals surface area (Å²) >= 11 is 6.33. The van der Waals surface area contributed by atoms with E-state index in [-0.39, 0.29) is 63.2 Å². The van der Waals surface area contributed by atoms with Gasteiger partial charge in [-0.2, -0.15) is 15.2 Å². The van der Waals surface area contributed by atoms with Gasteiger partial charge in [0.15, 0.2) is 5.82 Å². The Kier molecular flexibility index (Phi) is 6.10. The van der Waals surface area contributed by atoms with Gasteiger partial charge in [0, 0.05) is 26.1 Å². The number of nitrogen functional groups attached to an aromatic ring is 2. The zero-order valence-electron chi connectivity index (χ0n) is 19.3. The first-order valence-electron chi connectivity index (χ1n) is 11.0. The number of hydrogen-bond donors (Lipinski definition) is 2. The van der Waals surface area contributed by atoms with Crippen LogP contribution in [0.1, 0.15) is 23.9 Å². The molecule has 4 aromatic rings. The van der Waals surface area contributed by atoms with Crippen molar-refractivity contribution < 1.29 is 13.5 Å². The summed E-state index contributed by atoms with van der Waals surface area (Å²) in [4.78, 5) is 28.3. The third kappa shape index (κ3) is 4.18. The number of nitrogens with zero attached hydrogens (tertiary/aromatic N) is 6. The summed E-state index contributed by atoms with van der Waals surface area (Å²) in [6.45, 7) is 0.229. The van der Waals surface area contributed by atoms with Crippen molar-refractivity contribution in [2.24, 2.45) is 0 Å². The van der Waals surface area contributed by atoms with Crippen molar-refractivity contribution in [2.75, 3.05) is 30.0 Å². The molecule has 1 aliphatic heterocycles. The molecule has 0 saturated carbocycles. The van der Waals surface area contributed by atoms with Gasteiger partial charge in [-0.15, -0.1) is 0 Å². The van der Waals surface area contributed by atoms with Crippen molar-refractivity contribution in [2.45, 2.75) is 18.6 Å². The molecular formula is C24H19ClF2N8O2. The molecule has 1 unspecified atom stereocenters. The van der Waals surface area contributed by atoms with Crippen LogP contribution < -0.4 is 21.9 Å². The second-order valence-electron chi connectivity index (χ2n) is 8.41. The van der Waals surface area contributed by atoms with Gasteiger partial charge in [-0.3, -0.25) is 9.36 Å². The normalized spacial score (nSPS) is 17.3. The molecule has 5 rings (SSSR count). The summed E-state index contributed by atoms with van der Waals surface area (Å²) in [5.74, 6) is -1.79. The minimum atomic E-state index is -0.881. The fourth-order valence-corrected chi connectivity index (χ4v) is 4.84. The van der Waals surface area contributed by atoms with Crippen molar-refractivity contribution in [1.82, 2.24) is 19.5 Å². The molecule has 4 N–H and O–H groups in total. The van der Waals surface area contributed by atoms with Crippen LogP contribution in [0.4, 0.5) is 26.4 Å². The number of fused-ring (bicyclic) bond motifs is 1. The van der Waals surface area contributed by atoms with E-state index in [9.17, 15) is 18.8 Å². The minimum absolute atomic E-state index is 0.0227. The summed E-state index contributed by atoms with van der Waals surface area (Å²) in [6, 6.07) is 8.76. The van der Waals surface area contributed by atoms with Crippen molar-refractivity contribution >= 4 is 40.1 Å². The summed E-state index contributed by atoms with van der Waals surface area (Å²) in [7, 11) is 1.52. The highest BCUT2D eigenvalue weighted by Crippen LogP contribution is 2.39. The Morgan fingerprint density at radius 1 is 1.16 bits per heavy atom. The highest BCUT2D eigenvalue weighted by molar-refractivity contribution is 6.35. The van der Waals surface area contributed by atoms with E-state index in [1.54, 1.807) is 17.0 Å². The average Bonchev–Trinajstić information content (AvgIpc) is 3.27. The Morgan fingerprint density at radius 2 is 1.89 bits per heavy atom. The van der Waals surface area contributed by atoms with Crippen LogP contribution in [0.15, 0.2) is 41.2 Å². The van der Waals surface area contributed by atoms with Gasteiger partial charge in [-0.1, -0.05) is 17.7 Å². The molecule has 0 aliphatic carbocycles. The second-order valence-corrected chi connectivity index (χ2v) is 8.82. The van der Waals surface area contributed by atoms with E-state index >= 15 is 0 Å². The zero-order valence-corrected chi connectivity index (χ0v) is 20.1. The predicted octanol–water partition coefficient (Wildman–Crippen LogP) is 3.11. The van der Waals surface area contributed by atoms with Gasteiger partial charge >= 0.3 is 0 Å². The third-order valence-electron chi connectivity index (χ3n) is 6.19. The van der Waals surface area contributed by atoms with Crippen LogP contribution in [-0.2, 0) is 4.74 Å². The number of nitrogens with two attached hydrogens (primary N) is 2. The molecular weight excluding hydrogens is 506 g/mol. The highest BCUT2D eigenvalue weighted by atomic mass is 35.5. The van der Waals surface area contributed by atoms with Crippen LogP contribution in [0.5, 0.6) is 0 Å². The van der Waals surface area contributed by atoms with E-state index in [1.807, 2.05) is 6.07 Å². The second kappa shape index (κ2) is 9.27. The molecule has 188 valence electrons. The molecule has 3 heterocycles. The first-order valence-corrected chi connectivity index (χ1v) is 11.4. The maximum Gasteiger partial charge on any atom is 0.267 e. The van der Waals surface area contributed by atoms with Gasteiger partial charge in [0.1, 0.15) is 34.9 Å². The molecule has 0 spiro atoms. The number of methoxy groups -OCH3 is 1. The molecule has 0 radical (unpaired) electrons. The van der Waals surface area contributed by atoms with E-state index in [1.165, 1.54) is 13.2 Å². The number of benzene rings is 2. The minimum Gasteiger partial charge on any atom is -0.382 e. The third-order valence-corrected chi connectivity index (χ3v) is 6.51. The molecule has 0 amide bonds. The van der Waals surface area contributed by atoms with Crippen molar-refractivity contribution in [3.05, 3.63) is 74.8 Å². The topological polar surface area (TPSA) is 149 Å². The van der Waals surface area contributed by atoms with Crippen LogP contribution in [-0.4, -0.2) is 39.3 Å². The lowest BCUT2D eigenvalue weighted by Gasteiger charge is -2.28. The molecule has 2 atom stereocenters. The van der Waals surface area contributed by atoms with Crippen LogP contribution in [0.25, 0.3) is 16.6 Å². The molecule has 1 saturated heterocycles. The summed E-state index contributed by atoms with van der Waals surface area (Å²) < 4.78 is 35.3. The molecule has 1 aliphatic rings.